The zero-order chi connectivity index (χ0) is 31.6. The predicted molar refractivity (Wildman–Crippen MR) is 162 cm³/mol. The van der Waals surface area contributed by atoms with E-state index in [4.69, 9.17) is 28.4 Å². The molecular weight excluding hydrogens is 568 g/mol. The van der Waals surface area contributed by atoms with Crippen LogP contribution in [0.1, 0.15) is 39.1 Å². The van der Waals surface area contributed by atoms with E-state index in [-0.39, 0.29) is 13.2 Å². The lowest BCUT2D eigenvalue weighted by Gasteiger charge is -2.10. The fraction of sp³-hybridized carbons (Fsp3) is 0.265. The summed E-state index contributed by atoms with van der Waals surface area (Å²) in [6, 6.07) is 20.1. The number of carbonyl (C=O) groups is 3. The molecule has 44 heavy (non-hydrogen) atoms. The van der Waals surface area contributed by atoms with E-state index in [0.717, 1.165) is 11.6 Å². The van der Waals surface area contributed by atoms with Crippen molar-refractivity contribution in [2.24, 2.45) is 0 Å². The molecule has 0 aliphatic heterocycles. The number of aliphatic hydroxyl groups is 1. The Morgan fingerprint density at radius 1 is 0.659 bits per heavy atom. The maximum absolute atomic E-state index is 12.5. The molecule has 0 spiro atoms. The second kappa shape index (κ2) is 18.6. The van der Waals surface area contributed by atoms with Crippen molar-refractivity contribution < 1.29 is 47.9 Å². The zero-order valence-corrected chi connectivity index (χ0v) is 24.4. The molecule has 0 saturated heterocycles. The second-order valence-electron chi connectivity index (χ2n) is 9.24. The molecule has 1 atom stereocenters. The number of ether oxygens (including phenoxy) is 6. The van der Waals surface area contributed by atoms with Gasteiger partial charge in [-0.2, -0.15) is 0 Å². The summed E-state index contributed by atoms with van der Waals surface area (Å²) in [5.41, 5.74) is 1.68. The van der Waals surface area contributed by atoms with Crippen LogP contribution in [-0.2, 0) is 25.4 Å². The standard InChI is InChI=1S/C34H36O10/c1-3-31(35)41-22-5-20-39-28-15-9-26(10-16-28)33(37)43-24-19-25-7-13-30(14-8-25)44-34(38)27-11-17-29(18-12-27)40-21-6-23-42-32(36)4-2/h3-4,7-18,32,36H,1-2,5-6,19-24H2. The Kier molecular flexibility index (Phi) is 14.2. The molecule has 0 radical (unpaired) electrons. The highest BCUT2D eigenvalue weighted by Crippen LogP contribution is 2.18. The highest BCUT2D eigenvalue weighted by Gasteiger charge is 2.11. The van der Waals surface area contributed by atoms with Crippen LogP contribution in [0.5, 0.6) is 17.2 Å². The quantitative estimate of drug-likeness (QED) is 0.0494. The van der Waals surface area contributed by atoms with Crippen LogP contribution in [-0.4, -0.2) is 62.3 Å². The van der Waals surface area contributed by atoms with Crippen LogP contribution in [0.2, 0.25) is 0 Å². The topological polar surface area (TPSA) is 127 Å². The number of hydrogen-bond acceptors (Lipinski definition) is 10. The van der Waals surface area contributed by atoms with Gasteiger partial charge in [0.2, 0.25) is 0 Å². The summed E-state index contributed by atoms with van der Waals surface area (Å²) in [7, 11) is 0. The zero-order valence-electron chi connectivity index (χ0n) is 24.4. The third kappa shape index (κ3) is 12.1. The molecule has 0 bridgehead atoms. The van der Waals surface area contributed by atoms with Crippen LogP contribution in [0.25, 0.3) is 0 Å². The monoisotopic (exact) mass is 604 g/mol. The van der Waals surface area contributed by atoms with Gasteiger partial charge in [-0.05, 0) is 72.3 Å². The van der Waals surface area contributed by atoms with E-state index in [1.807, 2.05) is 0 Å². The van der Waals surface area contributed by atoms with Crippen molar-refractivity contribution in [3.05, 3.63) is 115 Å². The Bertz CT molecular complexity index is 1350. The summed E-state index contributed by atoms with van der Waals surface area (Å²) in [5, 5.41) is 9.26. The first-order valence-electron chi connectivity index (χ1n) is 14.0. The largest absolute Gasteiger partial charge is 0.494 e. The highest BCUT2D eigenvalue weighted by molar-refractivity contribution is 5.91. The summed E-state index contributed by atoms with van der Waals surface area (Å²) in [6.07, 6.45) is 3.01. The van der Waals surface area contributed by atoms with Crippen LogP contribution in [0.3, 0.4) is 0 Å². The lowest BCUT2D eigenvalue weighted by molar-refractivity contribution is -0.137. The van der Waals surface area contributed by atoms with Crippen molar-refractivity contribution in [2.75, 3.05) is 33.0 Å². The van der Waals surface area contributed by atoms with Crippen molar-refractivity contribution in [2.45, 2.75) is 25.6 Å². The molecule has 0 aliphatic carbocycles. The number of aliphatic hydroxyl groups excluding tert-OH is 1. The number of esters is 3. The molecule has 232 valence electrons. The van der Waals surface area contributed by atoms with E-state index >= 15 is 0 Å². The average molecular weight is 605 g/mol. The van der Waals surface area contributed by atoms with Crippen molar-refractivity contribution in [1.82, 2.24) is 0 Å². The molecule has 3 aromatic carbocycles. The van der Waals surface area contributed by atoms with Gasteiger partial charge in [-0.3, -0.25) is 0 Å². The normalized spacial score (nSPS) is 11.1. The van der Waals surface area contributed by atoms with Gasteiger partial charge in [0, 0.05) is 25.3 Å². The summed E-state index contributed by atoms with van der Waals surface area (Å²) >= 11 is 0. The molecule has 1 N–H and O–H groups in total. The fourth-order valence-electron chi connectivity index (χ4n) is 3.61. The number of rotatable bonds is 19. The minimum Gasteiger partial charge on any atom is -0.494 e. The highest BCUT2D eigenvalue weighted by atomic mass is 16.6. The Hall–Kier alpha value is -4.93. The molecule has 0 aliphatic rings. The van der Waals surface area contributed by atoms with Gasteiger partial charge in [-0.15, -0.1) is 0 Å². The SMILES string of the molecule is C=CC(=O)OCCCOc1ccc(C(=O)OCCc2ccc(OC(=O)c3ccc(OCCCOC(O)C=C)cc3)cc2)cc1. The summed E-state index contributed by atoms with van der Waals surface area (Å²) in [5.74, 6) is 0.141. The third-order valence-corrected chi connectivity index (χ3v) is 5.95. The molecular formula is C34H36O10. The van der Waals surface area contributed by atoms with Gasteiger partial charge in [0.05, 0.1) is 44.2 Å². The predicted octanol–water partition coefficient (Wildman–Crippen LogP) is 5.09. The summed E-state index contributed by atoms with van der Waals surface area (Å²) in [4.78, 5) is 35.9. The van der Waals surface area contributed by atoms with Crippen molar-refractivity contribution in [3.8, 4) is 17.2 Å². The van der Waals surface area contributed by atoms with Crippen molar-refractivity contribution >= 4 is 17.9 Å². The number of benzene rings is 3. The van der Waals surface area contributed by atoms with E-state index in [1.54, 1.807) is 72.8 Å². The summed E-state index contributed by atoms with van der Waals surface area (Å²) < 4.78 is 32.0. The van der Waals surface area contributed by atoms with Crippen LogP contribution in [0.15, 0.2) is 98.1 Å². The van der Waals surface area contributed by atoms with Gasteiger partial charge in [0.1, 0.15) is 17.2 Å². The smallest absolute Gasteiger partial charge is 0.343 e. The van der Waals surface area contributed by atoms with E-state index in [0.29, 0.717) is 67.5 Å². The van der Waals surface area contributed by atoms with E-state index in [9.17, 15) is 19.5 Å². The Labute approximate surface area is 256 Å². The lowest BCUT2D eigenvalue weighted by atomic mass is 10.1. The van der Waals surface area contributed by atoms with E-state index < -0.39 is 24.2 Å². The summed E-state index contributed by atoms with van der Waals surface area (Å²) in [6.45, 7) is 8.25. The fourth-order valence-corrected chi connectivity index (χ4v) is 3.61. The Morgan fingerprint density at radius 2 is 1.20 bits per heavy atom. The van der Waals surface area contributed by atoms with Gasteiger partial charge in [-0.1, -0.05) is 25.3 Å². The molecule has 3 aromatic rings. The Morgan fingerprint density at radius 3 is 1.77 bits per heavy atom. The van der Waals surface area contributed by atoms with Gasteiger partial charge in [0.25, 0.3) is 0 Å². The molecule has 0 fully saturated rings. The third-order valence-electron chi connectivity index (χ3n) is 5.95. The van der Waals surface area contributed by atoms with Gasteiger partial charge < -0.3 is 33.5 Å². The van der Waals surface area contributed by atoms with Crippen molar-refractivity contribution in [1.29, 1.82) is 0 Å². The molecule has 0 heterocycles. The van der Waals surface area contributed by atoms with Gasteiger partial charge >= 0.3 is 17.9 Å². The number of carbonyl (C=O) groups excluding carboxylic acids is 3. The van der Waals surface area contributed by atoms with Crippen LogP contribution in [0, 0.1) is 0 Å². The molecule has 10 heteroatoms. The molecule has 10 nitrogen and oxygen atoms in total. The molecule has 3 rings (SSSR count). The molecule has 0 amide bonds. The maximum atomic E-state index is 12.5. The van der Waals surface area contributed by atoms with Gasteiger partial charge in [0.15, 0.2) is 6.29 Å². The number of hydrogen-bond donors (Lipinski definition) is 1. The van der Waals surface area contributed by atoms with E-state index in [2.05, 4.69) is 13.2 Å². The van der Waals surface area contributed by atoms with E-state index in [1.165, 1.54) is 6.08 Å². The first kappa shape index (κ1) is 33.6. The van der Waals surface area contributed by atoms with Crippen LogP contribution in [0.4, 0.5) is 0 Å². The second-order valence-corrected chi connectivity index (χ2v) is 9.24. The maximum Gasteiger partial charge on any atom is 0.343 e. The van der Waals surface area contributed by atoms with Crippen LogP contribution >= 0.6 is 0 Å². The molecule has 0 saturated carbocycles. The molecule has 0 aromatic heterocycles. The first-order valence-corrected chi connectivity index (χ1v) is 14.0. The lowest BCUT2D eigenvalue weighted by Crippen LogP contribution is -2.11. The van der Waals surface area contributed by atoms with Crippen LogP contribution < -0.4 is 14.2 Å². The van der Waals surface area contributed by atoms with Crippen molar-refractivity contribution in [3.63, 3.8) is 0 Å². The Balaban J connectivity index is 1.34. The minimum atomic E-state index is -0.986. The van der Waals surface area contributed by atoms with Gasteiger partial charge in [-0.25, -0.2) is 14.4 Å². The average Bonchev–Trinajstić information content (AvgIpc) is 3.05. The first-order chi connectivity index (χ1) is 21.4. The molecule has 1 unspecified atom stereocenters. The minimum absolute atomic E-state index is 0.178.